The number of aliphatic carboxylic acids is 1. The summed E-state index contributed by atoms with van der Waals surface area (Å²) in [5, 5.41) is 17.9. The predicted molar refractivity (Wildman–Crippen MR) is 52.3 cm³/mol. The highest BCUT2D eigenvalue weighted by Gasteiger charge is 2.36. The van der Waals surface area contributed by atoms with E-state index in [9.17, 15) is 23.1 Å². The molecule has 17 heavy (non-hydrogen) atoms. The number of benzene rings is 1. The quantitative estimate of drug-likeness (QED) is 0.763. The van der Waals surface area contributed by atoms with E-state index in [-0.39, 0.29) is 0 Å². The second kappa shape index (κ2) is 4.62. The van der Waals surface area contributed by atoms with Gasteiger partial charge in [0.15, 0.2) is 0 Å². The zero-order valence-corrected chi connectivity index (χ0v) is 8.53. The molecule has 0 bridgehead atoms. The molecule has 0 heterocycles. The molecule has 1 atom stereocenters. The van der Waals surface area contributed by atoms with Crippen LogP contribution in [0.5, 0.6) is 5.75 Å². The zero-order chi connectivity index (χ0) is 13.2. The van der Waals surface area contributed by atoms with Gasteiger partial charge in [-0.15, -0.1) is 0 Å². The van der Waals surface area contributed by atoms with E-state index < -0.39 is 41.5 Å². The van der Waals surface area contributed by atoms with Crippen LogP contribution < -0.4 is 5.73 Å². The van der Waals surface area contributed by atoms with Crippen molar-refractivity contribution in [2.45, 2.75) is 18.6 Å². The van der Waals surface area contributed by atoms with Crippen molar-refractivity contribution in [3.05, 3.63) is 29.3 Å². The number of carboxylic acids is 1. The lowest BCUT2D eigenvalue weighted by Crippen LogP contribution is -2.20. The van der Waals surface area contributed by atoms with Gasteiger partial charge in [-0.05, 0) is 12.1 Å². The molecular formula is C10H10F3NO3. The van der Waals surface area contributed by atoms with Crippen LogP contribution in [0.4, 0.5) is 13.2 Å². The fourth-order valence-corrected chi connectivity index (χ4v) is 1.48. The van der Waals surface area contributed by atoms with Crippen molar-refractivity contribution in [3.8, 4) is 5.75 Å². The van der Waals surface area contributed by atoms with E-state index >= 15 is 0 Å². The highest BCUT2D eigenvalue weighted by atomic mass is 19.4. The molecule has 0 spiro atoms. The molecule has 0 fully saturated rings. The highest BCUT2D eigenvalue weighted by Crippen LogP contribution is 2.38. The molecule has 4 nitrogen and oxygen atoms in total. The number of hydrogen-bond donors (Lipinski definition) is 3. The van der Waals surface area contributed by atoms with Crippen LogP contribution in [0.3, 0.4) is 0 Å². The maximum Gasteiger partial charge on any atom is 0.416 e. The molecular weight excluding hydrogens is 239 g/mol. The van der Waals surface area contributed by atoms with E-state index in [1.165, 1.54) is 0 Å². The number of halogens is 3. The van der Waals surface area contributed by atoms with E-state index in [1.54, 1.807) is 0 Å². The minimum atomic E-state index is -4.69. The number of alkyl halides is 3. The number of nitrogens with two attached hydrogens (primary N) is 1. The van der Waals surface area contributed by atoms with Crippen molar-refractivity contribution < 1.29 is 28.2 Å². The van der Waals surface area contributed by atoms with Crippen molar-refractivity contribution in [2.75, 3.05) is 0 Å². The summed E-state index contributed by atoms with van der Waals surface area (Å²) in [4.78, 5) is 10.4. The van der Waals surface area contributed by atoms with E-state index in [1.807, 2.05) is 0 Å². The van der Waals surface area contributed by atoms with Crippen molar-refractivity contribution in [1.82, 2.24) is 0 Å². The predicted octanol–water partition coefficient (Wildman–Crippen LogP) is 1.89. The second-order valence-electron chi connectivity index (χ2n) is 3.44. The summed E-state index contributed by atoms with van der Waals surface area (Å²) in [7, 11) is 0. The molecule has 1 aromatic rings. The molecule has 0 radical (unpaired) electrons. The maximum absolute atomic E-state index is 12.6. The second-order valence-corrected chi connectivity index (χ2v) is 3.44. The van der Waals surface area contributed by atoms with Gasteiger partial charge in [0.1, 0.15) is 5.75 Å². The van der Waals surface area contributed by atoms with E-state index in [4.69, 9.17) is 10.8 Å². The number of carbonyl (C=O) groups is 1. The van der Waals surface area contributed by atoms with Gasteiger partial charge < -0.3 is 15.9 Å². The molecule has 0 aliphatic rings. The maximum atomic E-state index is 12.6. The van der Waals surface area contributed by atoms with Gasteiger partial charge in [-0.25, -0.2) is 0 Å². The molecule has 0 aromatic heterocycles. The summed E-state index contributed by atoms with van der Waals surface area (Å²) < 4.78 is 37.8. The molecule has 0 saturated heterocycles. The van der Waals surface area contributed by atoms with E-state index in [0.29, 0.717) is 0 Å². The van der Waals surface area contributed by atoms with Gasteiger partial charge in [0.2, 0.25) is 0 Å². The van der Waals surface area contributed by atoms with Crippen molar-refractivity contribution >= 4 is 5.97 Å². The summed E-state index contributed by atoms with van der Waals surface area (Å²) in [6, 6.07) is 1.39. The number of carboxylic acid groups (broad SMARTS) is 1. The molecule has 0 aliphatic heterocycles. The molecule has 4 N–H and O–H groups in total. The molecule has 1 unspecified atom stereocenters. The number of hydrogen-bond acceptors (Lipinski definition) is 3. The van der Waals surface area contributed by atoms with Crippen LogP contribution in [-0.2, 0) is 11.0 Å². The van der Waals surface area contributed by atoms with Crippen molar-refractivity contribution in [1.29, 1.82) is 0 Å². The lowest BCUT2D eigenvalue weighted by Gasteiger charge is -2.18. The number of aromatic hydroxyl groups is 1. The molecule has 1 aromatic carbocycles. The molecule has 1 rings (SSSR count). The Hall–Kier alpha value is -1.76. The standard InChI is InChI=1S/C10H10F3NO3/c11-10(12,13)5-2-1-3-7(15)9(5)6(14)4-8(16)17/h1-3,6,15H,4,14H2,(H,16,17). The number of phenols is 1. The van der Waals surface area contributed by atoms with Gasteiger partial charge in [0.05, 0.1) is 12.0 Å². The average Bonchev–Trinajstić information content (AvgIpc) is 2.14. The van der Waals surface area contributed by atoms with Crippen molar-refractivity contribution in [3.63, 3.8) is 0 Å². The molecule has 0 amide bonds. The van der Waals surface area contributed by atoms with Crippen LogP contribution in [0.25, 0.3) is 0 Å². The van der Waals surface area contributed by atoms with Crippen LogP contribution in [0.1, 0.15) is 23.6 Å². The molecule has 94 valence electrons. The molecule has 7 heteroatoms. The van der Waals surface area contributed by atoms with Crippen LogP contribution in [-0.4, -0.2) is 16.2 Å². The molecule has 0 saturated carbocycles. The highest BCUT2D eigenvalue weighted by molar-refractivity contribution is 5.68. The Labute approximate surface area is 94.5 Å². The van der Waals surface area contributed by atoms with Crippen LogP contribution in [0.15, 0.2) is 18.2 Å². The summed E-state index contributed by atoms with van der Waals surface area (Å²) in [6.45, 7) is 0. The Kier molecular flexibility index (Phi) is 3.62. The third kappa shape index (κ3) is 3.10. The Morgan fingerprint density at radius 2 is 2.00 bits per heavy atom. The van der Waals surface area contributed by atoms with Gasteiger partial charge in [0.25, 0.3) is 0 Å². The Bertz CT molecular complexity index is 431. The van der Waals surface area contributed by atoms with Gasteiger partial charge >= 0.3 is 12.1 Å². The van der Waals surface area contributed by atoms with Crippen LogP contribution in [0.2, 0.25) is 0 Å². The van der Waals surface area contributed by atoms with Crippen LogP contribution in [0, 0.1) is 0 Å². The third-order valence-corrected chi connectivity index (χ3v) is 2.15. The number of rotatable bonds is 3. The summed E-state index contributed by atoms with van der Waals surface area (Å²) >= 11 is 0. The number of phenolic OH excluding ortho intramolecular Hbond substituents is 1. The van der Waals surface area contributed by atoms with Gasteiger partial charge in [0, 0.05) is 11.6 Å². The third-order valence-electron chi connectivity index (χ3n) is 2.15. The SMILES string of the molecule is NC(CC(=O)O)c1c(O)cccc1C(F)(F)F. The van der Waals surface area contributed by atoms with Gasteiger partial charge in [-0.1, -0.05) is 6.07 Å². The lowest BCUT2D eigenvalue weighted by molar-refractivity contribution is -0.140. The summed E-state index contributed by atoms with van der Waals surface area (Å²) in [5.74, 6) is -2.00. The minimum absolute atomic E-state index is 0.595. The lowest BCUT2D eigenvalue weighted by atomic mass is 9.97. The van der Waals surface area contributed by atoms with E-state index in [0.717, 1.165) is 18.2 Å². The smallest absolute Gasteiger partial charge is 0.416 e. The Morgan fingerprint density at radius 3 is 2.47 bits per heavy atom. The monoisotopic (exact) mass is 249 g/mol. The van der Waals surface area contributed by atoms with E-state index in [2.05, 4.69) is 0 Å². The topological polar surface area (TPSA) is 83.6 Å². The first-order valence-corrected chi connectivity index (χ1v) is 4.60. The fourth-order valence-electron chi connectivity index (χ4n) is 1.48. The average molecular weight is 249 g/mol. The van der Waals surface area contributed by atoms with Gasteiger partial charge in [-0.3, -0.25) is 4.79 Å². The molecule has 0 aliphatic carbocycles. The fraction of sp³-hybridized carbons (Fsp3) is 0.300. The summed E-state index contributed by atoms with van der Waals surface area (Å²) in [5.41, 5.74) is 3.64. The van der Waals surface area contributed by atoms with Crippen molar-refractivity contribution in [2.24, 2.45) is 5.73 Å². The first kappa shape index (κ1) is 13.3. The first-order chi connectivity index (χ1) is 7.73. The Morgan fingerprint density at radius 1 is 1.41 bits per heavy atom. The van der Waals surface area contributed by atoms with Crippen LogP contribution >= 0.6 is 0 Å². The minimum Gasteiger partial charge on any atom is -0.508 e. The largest absolute Gasteiger partial charge is 0.508 e. The first-order valence-electron chi connectivity index (χ1n) is 4.60. The zero-order valence-electron chi connectivity index (χ0n) is 8.53. The van der Waals surface area contributed by atoms with Gasteiger partial charge in [-0.2, -0.15) is 13.2 Å². The summed E-state index contributed by atoms with van der Waals surface area (Å²) in [6.07, 6.45) is -5.38. The Balaban J connectivity index is 3.25. The normalized spacial score (nSPS) is 13.4.